The minimum atomic E-state index is 0.0762. The van der Waals surface area contributed by atoms with E-state index in [0.717, 1.165) is 11.0 Å². The molecule has 2 aromatic carbocycles. The van der Waals surface area contributed by atoms with Gasteiger partial charge in [-0.2, -0.15) is 4.58 Å². The minimum absolute atomic E-state index is 0.0762. The lowest BCUT2D eigenvalue weighted by Gasteiger charge is -2.36. The second kappa shape index (κ2) is 12.2. The Balaban J connectivity index is 1.01. The third kappa shape index (κ3) is 4.83. The molecular weight excluding hydrogens is 573 g/mol. The van der Waals surface area contributed by atoms with E-state index in [9.17, 15) is 0 Å². The molecule has 4 heteroatoms. The van der Waals surface area contributed by atoms with Gasteiger partial charge in [0.25, 0.3) is 0 Å². The van der Waals surface area contributed by atoms with E-state index < -0.39 is 0 Å². The Kier molecular flexibility index (Phi) is 7.75. The van der Waals surface area contributed by atoms with Gasteiger partial charge in [0.05, 0.1) is 16.4 Å². The van der Waals surface area contributed by atoms with Gasteiger partial charge in [-0.3, -0.25) is 9.97 Å². The van der Waals surface area contributed by atoms with Crippen LogP contribution in [0.15, 0.2) is 121 Å². The molecule has 2 aliphatic heterocycles. The summed E-state index contributed by atoms with van der Waals surface area (Å²) >= 11 is 0. The number of rotatable bonds is 5. The number of aromatic nitrogens is 2. The average molecular weight is 618 g/mol. The molecule has 0 saturated heterocycles. The molecule has 0 N–H and O–H groups in total. The Labute approximate surface area is 279 Å². The molecule has 4 nitrogen and oxygen atoms in total. The second-order valence-corrected chi connectivity index (χ2v) is 13.9. The molecule has 2 saturated carbocycles. The number of pyridine rings is 2. The Morgan fingerprint density at radius 3 is 1.89 bits per heavy atom. The van der Waals surface area contributed by atoms with E-state index in [1.807, 2.05) is 12.4 Å². The van der Waals surface area contributed by atoms with Crippen molar-refractivity contribution in [3.63, 3.8) is 0 Å². The third-order valence-electron chi connectivity index (χ3n) is 11.5. The minimum Gasteiger partial charge on any atom is -0.347 e. The SMILES string of the molecule is CN1C(=CC=CC=CC=CC=CC2=[N+](C)c3ccc4ncccc4c3C23CCCCC3)C2(CCCCC2)c2c1ccc1ncccc21. The number of likely N-dealkylation sites (N-methyl/N-ethyl adjacent to an activating group) is 1. The molecule has 4 aromatic rings. The first-order valence-corrected chi connectivity index (χ1v) is 17.6. The van der Waals surface area contributed by atoms with Crippen LogP contribution in [0.4, 0.5) is 11.4 Å². The van der Waals surface area contributed by atoms with Gasteiger partial charge in [-0.05, 0) is 67.7 Å². The molecule has 0 amide bonds. The van der Waals surface area contributed by atoms with Crippen LogP contribution in [0.3, 0.4) is 0 Å². The molecule has 8 rings (SSSR count). The monoisotopic (exact) mass is 617 g/mol. The van der Waals surface area contributed by atoms with Crippen LogP contribution < -0.4 is 4.90 Å². The van der Waals surface area contributed by atoms with Crippen LogP contribution in [0.25, 0.3) is 21.8 Å². The Morgan fingerprint density at radius 2 is 1.21 bits per heavy atom. The number of nitrogens with zero attached hydrogens (tertiary/aromatic N) is 4. The van der Waals surface area contributed by atoms with Gasteiger partial charge in [-0.15, -0.1) is 0 Å². The van der Waals surface area contributed by atoms with Gasteiger partial charge in [0, 0.05) is 64.7 Å². The zero-order valence-electron chi connectivity index (χ0n) is 27.8. The van der Waals surface area contributed by atoms with E-state index in [-0.39, 0.29) is 10.8 Å². The van der Waals surface area contributed by atoms with E-state index in [2.05, 4.69) is 127 Å². The molecule has 2 spiro atoms. The Bertz CT molecular complexity index is 2030. The highest BCUT2D eigenvalue weighted by Gasteiger charge is 2.51. The molecule has 2 aromatic heterocycles. The summed E-state index contributed by atoms with van der Waals surface area (Å²) in [5.41, 5.74) is 10.9. The van der Waals surface area contributed by atoms with Gasteiger partial charge in [-0.1, -0.05) is 93.2 Å². The maximum Gasteiger partial charge on any atom is 0.210 e. The topological polar surface area (TPSA) is 32.0 Å². The van der Waals surface area contributed by atoms with E-state index in [4.69, 9.17) is 9.97 Å². The highest BCUT2D eigenvalue weighted by Crippen LogP contribution is 2.57. The van der Waals surface area contributed by atoms with Crippen molar-refractivity contribution in [1.82, 2.24) is 9.97 Å². The molecular formula is C43H45N4+. The normalized spacial score (nSPS) is 21.3. The Hall–Kier alpha value is -4.57. The summed E-state index contributed by atoms with van der Waals surface area (Å²) in [5, 5.41) is 2.63. The molecule has 2 aliphatic carbocycles. The average Bonchev–Trinajstić information content (AvgIpc) is 3.48. The quantitative estimate of drug-likeness (QED) is 0.165. The number of hydrogen-bond donors (Lipinski definition) is 0. The number of anilines is 1. The first-order chi connectivity index (χ1) is 23.1. The summed E-state index contributed by atoms with van der Waals surface area (Å²) in [6.45, 7) is 0. The van der Waals surface area contributed by atoms with E-state index in [0.29, 0.717) is 0 Å². The van der Waals surface area contributed by atoms with Crippen LogP contribution in [0.2, 0.25) is 0 Å². The van der Waals surface area contributed by atoms with Gasteiger partial charge in [0.1, 0.15) is 7.05 Å². The zero-order valence-corrected chi connectivity index (χ0v) is 27.8. The van der Waals surface area contributed by atoms with Gasteiger partial charge in [0.2, 0.25) is 5.69 Å². The summed E-state index contributed by atoms with van der Waals surface area (Å²) in [5.74, 6) is 0. The number of fused-ring (bicyclic) bond motifs is 8. The fourth-order valence-corrected chi connectivity index (χ4v) is 9.48. The van der Waals surface area contributed by atoms with E-state index in [1.54, 1.807) is 0 Å². The molecule has 2 fully saturated rings. The van der Waals surface area contributed by atoms with Crippen molar-refractivity contribution in [2.24, 2.45) is 0 Å². The summed E-state index contributed by atoms with van der Waals surface area (Å²) < 4.78 is 2.43. The lowest BCUT2D eigenvalue weighted by molar-refractivity contribution is -0.401. The van der Waals surface area contributed by atoms with Crippen LogP contribution in [-0.2, 0) is 10.8 Å². The van der Waals surface area contributed by atoms with Crippen molar-refractivity contribution >= 4 is 38.9 Å². The molecule has 0 unspecified atom stereocenters. The van der Waals surface area contributed by atoms with Crippen molar-refractivity contribution in [3.05, 3.63) is 132 Å². The molecule has 4 aliphatic rings. The summed E-state index contributed by atoms with van der Waals surface area (Å²) in [7, 11) is 4.48. The number of hydrogen-bond acceptors (Lipinski definition) is 3. The van der Waals surface area contributed by atoms with Gasteiger partial charge in [0.15, 0.2) is 5.71 Å². The highest BCUT2D eigenvalue weighted by molar-refractivity contribution is 6.08. The van der Waals surface area contributed by atoms with Gasteiger partial charge < -0.3 is 4.90 Å². The molecule has 4 heterocycles. The first kappa shape index (κ1) is 29.8. The van der Waals surface area contributed by atoms with Crippen molar-refractivity contribution in [3.8, 4) is 0 Å². The standard InChI is InChI=1S/C43H45N4/c1-46-36-24-22-34-32(18-16-30-44-34)40(36)42(26-12-8-13-27-42)38(46)20-10-6-4-3-5-7-11-21-39-43(28-14-9-15-29-43)41-33-19-17-31-45-35(33)23-25-37(41)47(39)2/h3-7,10-11,16-25,30-31H,8-9,12-15,26-29H2,1-2H3/q+1. The third-order valence-corrected chi connectivity index (χ3v) is 11.5. The zero-order chi connectivity index (χ0) is 31.8. The van der Waals surface area contributed by atoms with Crippen molar-refractivity contribution < 1.29 is 4.58 Å². The van der Waals surface area contributed by atoms with Gasteiger partial charge >= 0.3 is 0 Å². The van der Waals surface area contributed by atoms with Crippen LogP contribution in [0.5, 0.6) is 0 Å². The molecule has 236 valence electrons. The molecule has 47 heavy (non-hydrogen) atoms. The summed E-state index contributed by atoms with van der Waals surface area (Å²) in [4.78, 5) is 11.8. The predicted molar refractivity (Wildman–Crippen MR) is 197 cm³/mol. The van der Waals surface area contributed by atoms with Crippen molar-refractivity contribution in [2.45, 2.75) is 75.0 Å². The van der Waals surface area contributed by atoms with Crippen LogP contribution in [-0.4, -0.2) is 34.4 Å². The maximum absolute atomic E-state index is 4.69. The number of allylic oxidation sites excluding steroid dienone is 10. The lowest BCUT2D eigenvalue weighted by Crippen LogP contribution is -2.36. The summed E-state index contributed by atoms with van der Waals surface area (Å²) in [6, 6.07) is 17.6. The fraction of sp³-hybridized carbons (Fsp3) is 0.326. The van der Waals surface area contributed by atoms with E-state index in [1.165, 1.54) is 109 Å². The largest absolute Gasteiger partial charge is 0.347 e. The predicted octanol–water partition coefficient (Wildman–Crippen LogP) is 10.2. The Morgan fingerprint density at radius 1 is 0.638 bits per heavy atom. The molecule has 0 bridgehead atoms. The van der Waals surface area contributed by atoms with Crippen LogP contribution in [0, 0.1) is 0 Å². The first-order valence-electron chi connectivity index (χ1n) is 17.6. The van der Waals surface area contributed by atoms with E-state index >= 15 is 0 Å². The van der Waals surface area contributed by atoms with Gasteiger partial charge in [-0.25, -0.2) is 0 Å². The number of benzene rings is 2. The highest BCUT2D eigenvalue weighted by atomic mass is 15.2. The summed E-state index contributed by atoms with van der Waals surface area (Å²) in [6.07, 6.45) is 36.3. The van der Waals surface area contributed by atoms with Crippen molar-refractivity contribution in [1.29, 1.82) is 0 Å². The molecule has 0 atom stereocenters. The molecule has 0 radical (unpaired) electrons. The lowest BCUT2D eigenvalue weighted by atomic mass is 9.66. The van der Waals surface area contributed by atoms with Crippen LogP contribution in [0.1, 0.15) is 75.3 Å². The van der Waals surface area contributed by atoms with Crippen molar-refractivity contribution in [2.75, 3.05) is 19.0 Å². The second-order valence-electron chi connectivity index (χ2n) is 13.9. The van der Waals surface area contributed by atoms with Crippen LogP contribution >= 0.6 is 0 Å². The smallest absolute Gasteiger partial charge is 0.210 e. The maximum atomic E-state index is 4.69. The fourth-order valence-electron chi connectivity index (χ4n) is 9.48.